The van der Waals surface area contributed by atoms with Crippen molar-refractivity contribution >= 4 is 5.97 Å². The molecule has 4 N–H and O–H groups in total. The van der Waals surface area contributed by atoms with Gasteiger partial charge in [0.15, 0.2) is 0 Å². The molecule has 1 rings (SSSR count). The van der Waals surface area contributed by atoms with Crippen molar-refractivity contribution in [1.29, 1.82) is 0 Å². The molecule has 0 bridgehead atoms. The lowest BCUT2D eigenvalue weighted by Crippen LogP contribution is -2.42. The first kappa shape index (κ1) is 8.98. The van der Waals surface area contributed by atoms with Gasteiger partial charge >= 0.3 is 5.97 Å². The summed E-state index contributed by atoms with van der Waals surface area (Å²) in [5.74, 6) is -1.97. The van der Waals surface area contributed by atoms with Crippen molar-refractivity contribution in [2.75, 3.05) is 0 Å². The lowest BCUT2D eigenvalue weighted by Gasteiger charge is -2.26. The number of hydrogen-bond donors (Lipinski definition) is 4. The lowest BCUT2D eigenvalue weighted by molar-refractivity contribution is -0.183. The van der Waals surface area contributed by atoms with Crippen LogP contribution < -0.4 is 0 Å². The van der Waals surface area contributed by atoms with Crippen LogP contribution in [-0.2, 0) is 9.53 Å². The summed E-state index contributed by atoms with van der Waals surface area (Å²) in [6, 6.07) is 0. The minimum Gasteiger partial charge on any atom is -0.475 e. The summed E-state index contributed by atoms with van der Waals surface area (Å²) >= 11 is 0. The summed E-state index contributed by atoms with van der Waals surface area (Å²) in [7, 11) is 0. The van der Waals surface area contributed by atoms with Gasteiger partial charge < -0.3 is 25.2 Å². The molecule has 68 valence electrons. The number of rotatable bonds is 1. The van der Waals surface area contributed by atoms with Crippen LogP contribution in [0.15, 0.2) is 11.8 Å². The second-order valence-electron chi connectivity index (χ2n) is 2.33. The molecule has 0 aromatic carbocycles. The molecule has 0 amide bonds. The number of carbonyl (C=O) groups is 1. The van der Waals surface area contributed by atoms with E-state index >= 15 is 0 Å². The van der Waals surface area contributed by atoms with E-state index in [9.17, 15) is 4.79 Å². The van der Waals surface area contributed by atoms with Crippen LogP contribution in [0.25, 0.3) is 0 Å². The molecule has 0 radical (unpaired) electrons. The first-order valence-electron chi connectivity index (χ1n) is 3.18. The summed E-state index contributed by atoms with van der Waals surface area (Å²) in [5.41, 5.74) is 0. The molecule has 0 fully saturated rings. The normalized spacial score (nSPS) is 35.2. The maximum absolute atomic E-state index is 10.3. The molecule has 0 saturated carbocycles. The minimum atomic E-state index is -1.70. The molecule has 0 aromatic heterocycles. The fourth-order valence-electron chi connectivity index (χ4n) is 0.783. The molecule has 1 aliphatic rings. The van der Waals surface area contributed by atoms with E-state index in [2.05, 4.69) is 4.74 Å². The highest BCUT2D eigenvalue weighted by molar-refractivity contribution is 5.84. The van der Waals surface area contributed by atoms with Gasteiger partial charge in [0, 0.05) is 0 Å². The van der Waals surface area contributed by atoms with E-state index < -0.39 is 30.2 Å². The van der Waals surface area contributed by atoms with Gasteiger partial charge in [0.1, 0.15) is 12.2 Å². The fourth-order valence-corrected chi connectivity index (χ4v) is 0.783. The van der Waals surface area contributed by atoms with Crippen molar-refractivity contribution in [2.24, 2.45) is 0 Å². The van der Waals surface area contributed by atoms with E-state index in [1.165, 1.54) is 0 Å². The van der Waals surface area contributed by atoms with Gasteiger partial charge in [0.25, 0.3) is 0 Å². The van der Waals surface area contributed by atoms with Crippen molar-refractivity contribution in [3.8, 4) is 0 Å². The number of carboxylic acid groups (broad SMARTS) is 1. The summed E-state index contributed by atoms with van der Waals surface area (Å²) in [5, 5.41) is 35.0. The number of ether oxygens (including phenoxy) is 1. The van der Waals surface area contributed by atoms with E-state index in [0.29, 0.717) is 0 Å². The van der Waals surface area contributed by atoms with Gasteiger partial charge in [0.05, 0.1) is 0 Å². The summed E-state index contributed by atoms with van der Waals surface area (Å²) < 4.78 is 4.34. The van der Waals surface area contributed by atoms with Crippen molar-refractivity contribution in [1.82, 2.24) is 0 Å². The monoisotopic (exact) mass is 176 g/mol. The topological polar surface area (TPSA) is 107 Å². The highest BCUT2D eigenvalue weighted by Gasteiger charge is 2.32. The van der Waals surface area contributed by atoms with Crippen LogP contribution in [0, 0.1) is 0 Å². The number of carboxylic acids is 1. The van der Waals surface area contributed by atoms with E-state index in [1.807, 2.05) is 0 Å². The standard InChI is InChI=1S/C6H8O6/c7-2-1-3(5(9)10)12-6(11)4(2)8/h1-2,4,6-8,11H,(H,9,10)/t2-,4?,6+/m0/s1. The summed E-state index contributed by atoms with van der Waals surface area (Å²) in [4.78, 5) is 10.3. The molecule has 0 aliphatic carbocycles. The van der Waals surface area contributed by atoms with Crippen LogP contribution >= 0.6 is 0 Å². The maximum atomic E-state index is 10.3. The van der Waals surface area contributed by atoms with Crippen molar-refractivity contribution in [3.63, 3.8) is 0 Å². The Morgan fingerprint density at radius 2 is 2.00 bits per heavy atom. The van der Waals surface area contributed by atoms with Crippen LogP contribution in [-0.4, -0.2) is 44.9 Å². The van der Waals surface area contributed by atoms with Gasteiger partial charge in [-0.1, -0.05) is 0 Å². The molecule has 6 nitrogen and oxygen atoms in total. The third-order valence-electron chi connectivity index (χ3n) is 1.42. The minimum absolute atomic E-state index is 0.569. The van der Waals surface area contributed by atoms with Crippen LogP contribution in [0.5, 0.6) is 0 Å². The molecular formula is C6H8O6. The zero-order chi connectivity index (χ0) is 9.30. The van der Waals surface area contributed by atoms with Gasteiger partial charge in [0.2, 0.25) is 12.0 Å². The van der Waals surface area contributed by atoms with Gasteiger partial charge in [-0.3, -0.25) is 0 Å². The third kappa shape index (κ3) is 1.55. The van der Waals surface area contributed by atoms with Gasteiger partial charge in [-0.15, -0.1) is 0 Å². The molecular weight excluding hydrogens is 168 g/mol. The molecule has 1 aliphatic heterocycles. The van der Waals surface area contributed by atoms with Crippen molar-refractivity contribution < 1.29 is 30.0 Å². The first-order chi connectivity index (χ1) is 5.52. The predicted octanol–water partition coefficient (Wildman–Crippen LogP) is -1.97. The Morgan fingerprint density at radius 3 is 2.42 bits per heavy atom. The predicted molar refractivity (Wildman–Crippen MR) is 34.8 cm³/mol. The third-order valence-corrected chi connectivity index (χ3v) is 1.42. The zero-order valence-electron chi connectivity index (χ0n) is 5.91. The van der Waals surface area contributed by atoms with Gasteiger partial charge in [-0.2, -0.15) is 0 Å². The highest BCUT2D eigenvalue weighted by atomic mass is 16.6. The highest BCUT2D eigenvalue weighted by Crippen LogP contribution is 2.16. The van der Waals surface area contributed by atoms with Crippen molar-refractivity contribution in [2.45, 2.75) is 18.5 Å². The maximum Gasteiger partial charge on any atom is 0.371 e. The Bertz CT molecular complexity index is 222. The second kappa shape index (κ2) is 3.10. The Labute approximate surface area is 67.3 Å². The zero-order valence-corrected chi connectivity index (χ0v) is 5.91. The van der Waals surface area contributed by atoms with Crippen LogP contribution in [0.2, 0.25) is 0 Å². The first-order valence-corrected chi connectivity index (χ1v) is 3.18. The van der Waals surface area contributed by atoms with Crippen LogP contribution in [0.4, 0.5) is 0 Å². The molecule has 1 heterocycles. The van der Waals surface area contributed by atoms with Gasteiger partial charge in [-0.05, 0) is 6.08 Å². The van der Waals surface area contributed by atoms with E-state index in [-0.39, 0.29) is 0 Å². The fraction of sp³-hybridized carbons (Fsp3) is 0.500. The molecule has 12 heavy (non-hydrogen) atoms. The average Bonchev–Trinajstić information content (AvgIpc) is 1.99. The number of aliphatic hydroxyl groups is 3. The number of aliphatic carboxylic acids is 1. The smallest absolute Gasteiger partial charge is 0.371 e. The lowest BCUT2D eigenvalue weighted by atomic mass is 10.1. The van der Waals surface area contributed by atoms with E-state index in [4.69, 9.17) is 20.4 Å². The Hall–Kier alpha value is -1.11. The summed E-state index contributed by atoms with van der Waals surface area (Å²) in [6.07, 6.45) is -3.80. The SMILES string of the molecule is O=C(O)C1=C[C@H](O)C(O)[C@H](O)O1. The van der Waals surface area contributed by atoms with E-state index in [0.717, 1.165) is 6.08 Å². The second-order valence-corrected chi connectivity index (χ2v) is 2.33. The number of aliphatic hydroxyl groups excluding tert-OH is 3. The quantitative estimate of drug-likeness (QED) is 0.369. The van der Waals surface area contributed by atoms with E-state index in [1.54, 1.807) is 0 Å². The average molecular weight is 176 g/mol. The van der Waals surface area contributed by atoms with Gasteiger partial charge in [-0.25, -0.2) is 4.79 Å². The molecule has 3 atom stereocenters. The Balaban J connectivity index is 2.81. The Kier molecular flexibility index (Phi) is 2.32. The van der Waals surface area contributed by atoms with Crippen LogP contribution in [0.3, 0.4) is 0 Å². The molecule has 6 heteroatoms. The van der Waals surface area contributed by atoms with Crippen LogP contribution in [0.1, 0.15) is 0 Å². The molecule has 0 saturated heterocycles. The summed E-state index contributed by atoms with van der Waals surface area (Å²) in [6.45, 7) is 0. The van der Waals surface area contributed by atoms with Crippen molar-refractivity contribution in [3.05, 3.63) is 11.8 Å². The largest absolute Gasteiger partial charge is 0.475 e. The Morgan fingerprint density at radius 1 is 1.42 bits per heavy atom. The number of hydrogen-bond acceptors (Lipinski definition) is 5. The molecule has 0 aromatic rings. The molecule has 1 unspecified atom stereocenters. The molecule has 0 spiro atoms.